The van der Waals surface area contributed by atoms with Crippen molar-refractivity contribution in [1.82, 2.24) is 10.6 Å². The molecule has 3 nitrogen and oxygen atoms in total. The maximum absolute atomic E-state index is 5.52. The monoisotopic (exact) mass is 397 g/mol. The molecule has 3 heteroatoms. The minimum absolute atomic E-state index is 0.741. The summed E-state index contributed by atoms with van der Waals surface area (Å²) in [6.07, 6.45) is 24.9. The molecule has 170 valence electrons. The Bertz CT molecular complexity index is 271. The maximum Gasteiger partial charge on any atom is 0.00669 e. The van der Waals surface area contributed by atoms with Gasteiger partial charge in [0.1, 0.15) is 0 Å². The van der Waals surface area contributed by atoms with Crippen molar-refractivity contribution in [3.8, 4) is 0 Å². The third-order valence-electron chi connectivity index (χ3n) is 5.81. The molecule has 0 rings (SSSR count). The zero-order valence-electron chi connectivity index (χ0n) is 19.7. The van der Waals surface area contributed by atoms with E-state index in [1.807, 2.05) is 0 Å². The summed E-state index contributed by atoms with van der Waals surface area (Å²) in [6, 6.07) is 0.741. The number of unbranched alkanes of at least 4 members (excludes halogenated alkanes) is 12. The van der Waals surface area contributed by atoms with Gasteiger partial charge in [-0.2, -0.15) is 0 Å². The van der Waals surface area contributed by atoms with Crippen LogP contribution in [0.4, 0.5) is 0 Å². The molecule has 0 aliphatic rings. The van der Waals surface area contributed by atoms with Gasteiger partial charge < -0.3 is 16.4 Å². The molecule has 0 radical (unpaired) electrons. The second-order valence-corrected chi connectivity index (χ2v) is 8.72. The van der Waals surface area contributed by atoms with Crippen LogP contribution in [0.3, 0.4) is 0 Å². The molecule has 0 spiro atoms. The molecular weight excluding hydrogens is 342 g/mol. The number of hydrogen-bond acceptors (Lipinski definition) is 3. The summed E-state index contributed by atoms with van der Waals surface area (Å²) < 4.78 is 0. The first kappa shape index (κ1) is 27.9. The van der Waals surface area contributed by atoms with Gasteiger partial charge in [-0.1, -0.05) is 97.3 Å². The summed E-state index contributed by atoms with van der Waals surface area (Å²) in [5.41, 5.74) is 5.52. The van der Waals surface area contributed by atoms with Crippen LogP contribution in [0, 0.1) is 0 Å². The SMILES string of the molecule is CCCCCCCCCCCCCCC(CCC)NCCCNCCCCN. The Morgan fingerprint density at radius 2 is 1.11 bits per heavy atom. The van der Waals surface area contributed by atoms with Gasteiger partial charge in [0.05, 0.1) is 0 Å². The van der Waals surface area contributed by atoms with E-state index in [2.05, 4.69) is 24.5 Å². The van der Waals surface area contributed by atoms with Gasteiger partial charge in [0.15, 0.2) is 0 Å². The first-order valence-corrected chi connectivity index (χ1v) is 13.0. The molecule has 0 amide bonds. The van der Waals surface area contributed by atoms with Crippen molar-refractivity contribution in [3.63, 3.8) is 0 Å². The molecule has 0 heterocycles. The highest BCUT2D eigenvalue weighted by atomic mass is 14.9. The second-order valence-electron chi connectivity index (χ2n) is 8.72. The van der Waals surface area contributed by atoms with E-state index in [0.29, 0.717) is 0 Å². The second kappa shape index (κ2) is 24.9. The lowest BCUT2D eigenvalue weighted by atomic mass is 10.0. The average molecular weight is 398 g/mol. The van der Waals surface area contributed by atoms with E-state index < -0.39 is 0 Å². The van der Waals surface area contributed by atoms with Crippen LogP contribution in [0.1, 0.15) is 129 Å². The fourth-order valence-electron chi connectivity index (χ4n) is 3.97. The molecule has 28 heavy (non-hydrogen) atoms. The van der Waals surface area contributed by atoms with Crippen LogP contribution in [0.2, 0.25) is 0 Å². The lowest BCUT2D eigenvalue weighted by molar-refractivity contribution is 0.420. The Morgan fingerprint density at radius 3 is 1.68 bits per heavy atom. The molecule has 0 saturated carbocycles. The van der Waals surface area contributed by atoms with Gasteiger partial charge in [0.2, 0.25) is 0 Å². The smallest absolute Gasteiger partial charge is 0.00669 e. The van der Waals surface area contributed by atoms with Crippen molar-refractivity contribution < 1.29 is 0 Å². The molecule has 0 aromatic carbocycles. The van der Waals surface area contributed by atoms with E-state index in [9.17, 15) is 0 Å². The normalized spacial score (nSPS) is 12.5. The summed E-state index contributed by atoms with van der Waals surface area (Å²) in [4.78, 5) is 0. The molecule has 1 unspecified atom stereocenters. The van der Waals surface area contributed by atoms with Crippen LogP contribution in [-0.4, -0.2) is 32.2 Å². The van der Waals surface area contributed by atoms with Gasteiger partial charge in [0, 0.05) is 6.04 Å². The number of rotatable bonds is 24. The van der Waals surface area contributed by atoms with Gasteiger partial charge in [-0.05, 0) is 58.3 Å². The lowest BCUT2D eigenvalue weighted by Gasteiger charge is -2.18. The minimum Gasteiger partial charge on any atom is -0.330 e. The number of nitrogens with one attached hydrogen (secondary N) is 2. The van der Waals surface area contributed by atoms with Crippen LogP contribution in [-0.2, 0) is 0 Å². The van der Waals surface area contributed by atoms with E-state index in [0.717, 1.165) is 38.6 Å². The highest BCUT2D eigenvalue weighted by molar-refractivity contribution is 4.67. The fraction of sp³-hybridized carbons (Fsp3) is 1.00. The predicted molar refractivity (Wildman–Crippen MR) is 128 cm³/mol. The molecule has 1 atom stereocenters. The van der Waals surface area contributed by atoms with Gasteiger partial charge >= 0.3 is 0 Å². The zero-order valence-corrected chi connectivity index (χ0v) is 19.7. The quantitative estimate of drug-likeness (QED) is 0.162. The van der Waals surface area contributed by atoms with Crippen LogP contribution in [0.5, 0.6) is 0 Å². The molecule has 0 fully saturated rings. The van der Waals surface area contributed by atoms with Crippen molar-refractivity contribution in [3.05, 3.63) is 0 Å². The fourth-order valence-corrected chi connectivity index (χ4v) is 3.97. The first-order valence-electron chi connectivity index (χ1n) is 13.0. The van der Waals surface area contributed by atoms with E-state index in [1.165, 1.54) is 109 Å². The van der Waals surface area contributed by atoms with Crippen molar-refractivity contribution >= 4 is 0 Å². The van der Waals surface area contributed by atoms with Gasteiger partial charge in [-0.25, -0.2) is 0 Å². The van der Waals surface area contributed by atoms with Crippen LogP contribution in [0.25, 0.3) is 0 Å². The lowest BCUT2D eigenvalue weighted by Crippen LogP contribution is -2.31. The largest absolute Gasteiger partial charge is 0.330 e. The molecule has 0 aliphatic heterocycles. The van der Waals surface area contributed by atoms with E-state index in [4.69, 9.17) is 5.73 Å². The minimum atomic E-state index is 0.741. The number of nitrogens with two attached hydrogens (primary N) is 1. The van der Waals surface area contributed by atoms with Gasteiger partial charge in [0.25, 0.3) is 0 Å². The first-order chi connectivity index (χ1) is 13.8. The average Bonchev–Trinajstić information content (AvgIpc) is 2.70. The van der Waals surface area contributed by atoms with Gasteiger partial charge in [-0.3, -0.25) is 0 Å². The molecule has 0 aliphatic carbocycles. The zero-order chi connectivity index (χ0) is 20.5. The highest BCUT2D eigenvalue weighted by Gasteiger charge is 2.06. The Hall–Kier alpha value is -0.120. The number of hydrogen-bond donors (Lipinski definition) is 3. The third-order valence-corrected chi connectivity index (χ3v) is 5.81. The standard InChI is InChI=1S/C25H55N3/c1-3-5-6-7-8-9-10-11-12-13-14-15-20-25(19-4-2)28-24-18-23-27-22-17-16-21-26/h25,27-28H,3-24,26H2,1-2H3. The Kier molecular flexibility index (Phi) is 24.8. The molecule has 4 N–H and O–H groups in total. The van der Waals surface area contributed by atoms with Crippen molar-refractivity contribution in [2.75, 3.05) is 26.2 Å². The summed E-state index contributed by atoms with van der Waals surface area (Å²) in [5.74, 6) is 0. The maximum atomic E-state index is 5.52. The Labute approximate surface area is 178 Å². The van der Waals surface area contributed by atoms with E-state index in [1.54, 1.807) is 0 Å². The Morgan fingerprint density at radius 1 is 0.536 bits per heavy atom. The molecule has 0 aromatic heterocycles. The van der Waals surface area contributed by atoms with Crippen LogP contribution >= 0.6 is 0 Å². The van der Waals surface area contributed by atoms with E-state index >= 15 is 0 Å². The molecule has 0 saturated heterocycles. The Balaban J connectivity index is 3.39. The van der Waals surface area contributed by atoms with Crippen molar-refractivity contribution in [1.29, 1.82) is 0 Å². The van der Waals surface area contributed by atoms with Crippen LogP contribution in [0.15, 0.2) is 0 Å². The van der Waals surface area contributed by atoms with Crippen molar-refractivity contribution in [2.24, 2.45) is 5.73 Å². The summed E-state index contributed by atoms with van der Waals surface area (Å²) in [6.45, 7) is 8.85. The predicted octanol–water partition coefficient (Wildman–Crippen LogP) is 6.55. The molecular formula is C25H55N3. The molecule has 0 aromatic rings. The summed E-state index contributed by atoms with van der Waals surface area (Å²) in [5, 5.41) is 7.33. The third kappa shape index (κ3) is 22.2. The highest BCUT2D eigenvalue weighted by Crippen LogP contribution is 2.14. The topological polar surface area (TPSA) is 50.1 Å². The summed E-state index contributed by atoms with van der Waals surface area (Å²) >= 11 is 0. The van der Waals surface area contributed by atoms with Gasteiger partial charge in [-0.15, -0.1) is 0 Å². The van der Waals surface area contributed by atoms with Crippen LogP contribution < -0.4 is 16.4 Å². The van der Waals surface area contributed by atoms with Crippen molar-refractivity contribution in [2.45, 2.75) is 135 Å². The molecule has 0 bridgehead atoms. The van der Waals surface area contributed by atoms with E-state index in [-0.39, 0.29) is 0 Å². The summed E-state index contributed by atoms with van der Waals surface area (Å²) in [7, 11) is 0.